The number of carbonyl (C=O) groups is 2. The first-order chi connectivity index (χ1) is 12.5. The van der Waals surface area contributed by atoms with Crippen molar-refractivity contribution in [1.29, 1.82) is 0 Å². The summed E-state index contributed by atoms with van der Waals surface area (Å²) in [5.74, 6) is -0.508. The number of rotatable bonds is 4. The first kappa shape index (κ1) is 17.4. The van der Waals surface area contributed by atoms with Crippen molar-refractivity contribution in [3.63, 3.8) is 0 Å². The number of pyridine rings is 1. The highest BCUT2D eigenvalue weighted by molar-refractivity contribution is 6.09. The maximum atomic E-state index is 12.4. The summed E-state index contributed by atoms with van der Waals surface area (Å²) in [5.41, 5.74) is 4.17. The maximum absolute atomic E-state index is 12.4. The molecule has 3 aromatic rings. The lowest BCUT2D eigenvalue weighted by Crippen LogP contribution is -2.17. The van der Waals surface area contributed by atoms with Gasteiger partial charge in [0.1, 0.15) is 0 Å². The van der Waals surface area contributed by atoms with Crippen molar-refractivity contribution >= 4 is 23.2 Å². The van der Waals surface area contributed by atoms with Crippen LogP contribution in [0.2, 0.25) is 0 Å². The molecule has 0 aliphatic rings. The van der Waals surface area contributed by atoms with Crippen LogP contribution in [0, 0.1) is 13.8 Å². The molecule has 2 N–H and O–H groups in total. The lowest BCUT2D eigenvalue weighted by Gasteiger charge is -2.12. The average Bonchev–Trinajstić information content (AvgIpc) is 2.64. The minimum atomic E-state index is -0.260. The fraction of sp³-hybridized carbons (Fsp3) is 0.0952. The molecule has 1 aromatic heterocycles. The minimum Gasteiger partial charge on any atom is -0.320 e. The zero-order valence-corrected chi connectivity index (χ0v) is 14.6. The predicted octanol–water partition coefficient (Wildman–Crippen LogP) is 4.20. The molecule has 130 valence electrons. The van der Waals surface area contributed by atoms with Gasteiger partial charge < -0.3 is 10.6 Å². The fourth-order valence-electron chi connectivity index (χ4n) is 2.40. The standard InChI is InChI=1S/C21H19N3O2/c1-14-3-7-16(8-4-14)20(25)23-18-11-12-22-13-19(18)24-21(26)17-9-5-15(2)6-10-17/h3-13H,1-2H3,(H,24,26)(H,22,23,25). The van der Waals surface area contributed by atoms with E-state index < -0.39 is 0 Å². The van der Waals surface area contributed by atoms with Gasteiger partial charge >= 0.3 is 0 Å². The van der Waals surface area contributed by atoms with E-state index in [1.165, 1.54) is 6.20 Å². The Balaban J connectivity index is 1.77. The van der Waals surface area contributed by atoms with Crippen molar-refractivity contribution in [3.05, 3.63) is 89.2 Å². The summed E-state index contributed by atoms with van der Waals surface area (Å²) in [5, 5.41) is 5.61. The topological polar surface area (TPSA) is 71.1 Å². The fourth-order valence-corrected chi connectivity index (χ4v) is 2.40. The quantitative estimate of drug-likeness (QED) is 0.744. The summed E-state index contributed by atoms with van der Waals surface area (Å²) < 4.78 is 0. The van der Waals surface area contributed by atoms with Gasteiger partial charge in [-0.1, -0.05) is 35.4 Å². The molecular weight excluding hydrogens is 326 g/mol. The largest absolute Gasteiger partial charge is 0.320 e. The molecule has 5 nitrogen and oxygen atoms in total. The zero-order chi connectivity index (χ0) is 18.5. The molecule has 0 saturated heterocycles. The molecule has 0 fully saturated rings. The van der Waals surface area contributed by atoms with Crippen molar-refractivity contribution in [2.24, 2.45) is 0 Å². The smallest absolute Gasteiger partial charge is 0.255 e. The Labute approximate surface area is 152 Å². The highest BCUT2D eigenvalue weighted by Crippen LogP contribution is 2.21. The van der Waals surface area contributed by atoms with Crippen LogP contribution in [-0.2, 0) is 0 Å². The van der Waals surface area contributed by atoms with Crippen molar-refractivity contribution in [1.82, 2.24) is 4.98 Å². The van der Waals surface area contributed by atoms with Gasteiger partial charge in [-0.2, -0.15) is 0 Å². The number of hydrogen-bond acceptors (Lipinski definition) is 3. The van der Waals surface area contributed by atoms with Gasteiger partial charge in [0.05, 0.1) is 17.6 Å². The van der Waals surface area contributed by atoms with Crippen molar-refractivity contribution in [3.8, 4) is 0 Å². The van der Waals surface area contributed by atoms with Crippen molar-refractivity contribution in [2.45, 2.75) is 13.8 Å². The van der Waals surface area contributed by atoms with E-state index in [0.717, 1.165) is 11.1 Å². The van der Waals surface area contributed by atoms with Gasteiger partial charge in [0, 0.05) is 17.3 Å². The monoisotopic (exact) mass is 345 g/mol. The normalized spacial score (nSPS) is 10.2. The Morgan fingerprint density at radius 1 is 0.692 bits per heavy atom. The van der Waals surface area contributed by atoms with Crippen LogP contribution in [0.5, 0.6) is 0 Å². The first-order valence-corrected chi connectivity index (χ1v) is 8.23. The molecule has 0 radical (unpaired) electrons. The van der Waals surface area contributed by atoms with Crippen LogP contribution >= 0.6 is 0 Å². The average molecular weight is 345 g/mol. The van der Waals surface area contributed by atoms with Crippen LogP contribution in [0.3, 0.4) is 0 Å². The second-order valence-electron chi connectivity index (χ2n) is 6.06. The van der Waals surface area contributed by atoms with E-state index in [0.29, 0.717) is 22.5 Å². The Kier molecular flexibility index (Phi) is 5.08. The van der Waals surface area contributed by atoms with Gasteiger partial charge in [-0.15, -0.1) is 0 Å². The van der Waals surface area contributed by atoms with Crippen LogP contribution < -0.4 is 10.6 Å². The molecule has 0 saturated carbocycles. The van der Waals surface area contributed by atoms with Crippen LogP contribution in [0.15, 0.2) is 67.0 Å². The van der Waals surface area contributed by atoms with E-state index >= 15 is 0 Å². The van der Waals surface area contributed by atoms with Gasteiger partial charge in [-0.05, 0) is 44.2 Å². The SMILES string of the molecule is Cc1ccc(C(=O)Nc2ccncc2NC(=O)c2ccc(C)cc2)cc1. The first-order valence-electron chi connectivity index (χ1n) is 8.23. The Morgan fingerprint density at radius 3 is 1.65 bits per heavy atom. The summed E-state index contributed by atoms with van der Waals surface area (Å²) >= 11 is 0. The van der Waals surface area contributed by atoms with Gasteiger partial charge in [0.15, 0.2) is 0 Å². The highest BCUT2D eigenvalue weighted by atomic mass is 16.2. The Morgan fingerprint density at radius 2 is 1.15 bits per heavy atom. The number of aryl methyl sites for hydroxylation is 2. The summed E-state index contributed by atoms with van der Waals surface area (Å²) in [4.78, 5) is 28.9. The molecule has 26 heavy (non-hydrogen) atoms. The van der Waals surface area contributed by atoms with Gasteiger partial charge in [0.2, 0.25) is 0 Å². The van der Waals surface area contributed by atoms with Crippen molar-refractivity contribution < 1.29 is 9.59 Å². The molecule has 3 rings (SSSR count). The van der Waals surface area contributed by atoms with E-state index in [1.54, 1.807) is 36.5 Å². The molecule has 1 heterocycles. The Bertz CT molecular complexity index is 854. The molecular formula is C21H19N3O2. The number of nitrogens with one attached hydrogen (secondary N) is 2. The third kappa shape index (κ3) is 4.13. The summed E-state index contributed by atoms with van der Waals surface area (Å²) in [6, 6.07) is 16.2. The summed E-state index contributed by atoms with van der Waals surface area (Å²) in [7, 11) is 0. The summed E-state index contributed by atoms with van der Waals surface area (Å²) in [6.45, 7) is 3.92. The van der Waals surface area contributed by atoms with Crippen LogP contribution in [0.25, 0.3) is 0 Å². The van der Waals surface area contributed by atoms with Crippen LogP contribution in [-0.4, -0.2) is 16.8 Å². The number of carbonyl (C=O) groups excluding carboxylic acids is 2. The van der Waals surface area contributed by atoms with Crippen LogP contribution in [0.1, 0.15) is 31.8 Å². The summed E-state index contributed by atoms with van der Waals surface area (Å²) in [6.07, 6.45) is 3.07. The van der Waals surface area contributed by atoms with E-state index in [1.807, 2.05) is 38.1 Å². The molecule has 0 unspecified atom stereocenters. The van der Waals surface area contributed by atoms with E-state index in [4.69, 9.17) is 0 Å². The highest BCUT2D eigenvalue weighted by Gasteiger charge is 2.12. The van der Waals surface area contributed by atoms with E-state index in [-0.39, 0.29) is 11.8 Å². The molecule has 2 aromatic carbocycles. The molecule has 0 atom stereocenters. The third-order valence-electron chi connectivity index (χ3n) is 3.94. The number of benzene rings is 2. The predicted molar refractivity (Wildman–Crippen MR) is 103 cm³/mol. The van der Waals surface area contributed by atoms with Gasteiger partial charge in [-0.25, -0.2) is 0 Å². The minimum absolute atomic E-state index is 0.248. The second-order valence-corrected chi connectivity index (χ2v) is 6.06. The zero-order valence-electron chi connectivity index (χ0n) is 14.6. The molecule has 0 spiro atoms. The third-order valence-corrected chi connectivity index (χ3v) is 3.94. The Hall–Kier alpha value is -3.47. The lowest BCUT2D eigenvalue weighted by atomic mass is 10.1. The number of aromatic nitrogens is 1. The van der Waals surface area contributed by atoms with Gasteiger partial charge in [-0.3, -0.25) is 14.6 Å². The molecule has 5 heteroatoms. The van der Waals surface area contributed by atoms with E-state index in [2.05, 4.69) is 15.6 Å². The van der Waals surface area contributed by atoms with Gasteiger partial charge in [0.25, 0.3) is 11.8 Å². The number of anilines is 2. The van der Waals surface area contributed by atoms with Crippen LogP contribution in [0.4, 0.5) is 11.4 Å². The molecule has 0 aliphatic carbocycles. The lowest BCUT2D eigenvalue weighted by molar-refractivity contribution is 0.101. The van der Waals surface area contributed by atoms with E-state index in [9.17, 15) is 9.59 Å². The van der Waals surface area contributed by atoms with Crippen molar-refractivity contribution in [2.75, 3.05) is 10.6 Å². The number of nitrogens with zero attached hydrogens (tertiary/aromatic N) is 1. The molecule has 0 aliphatic heterocycles. The number of amides is 2. The maximum Gasteiger partial charge on any atom is 0.255 e. The molecule has 2 amide bonds. The second kappa shape index (κ2) is 7.61. The number of hydrogen-bond donors (Lipinski definition) is 2. The molecule has 0 bridgehead atoms.